The Balaban J connectivity index is 1.61. The first-order valence-corrected chi connectivity index (χ1v) is 7.90. The minimum atomic E-state index is -0.00467. The van der Waals surface area contributed by atoms with Crippen LogP contribution in [-0.2, 0) is 4.79 Å². The third kappa shape index (κ3) is 3.32. The fourth-order valence-electron chi connectivity index (χ4n) is 2.63. The van der Waals surface area contributed by atoms with Crippen molar-refractivity contribution in [3.05, 3.63) is 64.4 Å². The fourth-order valence-corrected chi connectivity index (χ4v) is 3.04. The maximum Gasteiger partial charge on any atom is 0.224 e. The molecule has 1 aromatic carbocycles. The van der Waals surface area contributed by atoms with Crippen molar-refractivity contribution in [3.63, 3.8) is 0 Å². The fraction of sp³-hybridized carbons (Fsp3) is 0.294. The largest absolute Gasteiger partial charge is 0.349 e. The van der Waals surface area contributed by atoms with E-state index in [1.165, 1.54) is 5.56 Å². The zero-order valence-electron chi connectivity index (χ0n) is 11.8. The van der Waals surface area contributed by atoms with Gasteiger partial charge in [0.05, 0.1) is 6.04 Å². The van der Waals surface area contributed by atoms with Gasteiger partial charge in [0.25, 0.3) is 0 Å². The SMILES string of the molecule is CC(NC(=O)C1CC1c1cccc(Br)c1)c1cccnc1. The molecule has 1 aliphatic rings. The van der Waals surface area contributed by atoms with Crippen molar-refractivity contribution >= 4 is 21.8 Å². The standard InChI is InChI=1S/C17H17BrN2O/c1-11(13-5-3-7-19-10-13)20-17(21)16-9-15(16)12-4-2-6-14(18)8-12/h2-8,10-11,15-16H,9H2,1H3,(H,20,21). The molecule has 0 bridgehead atoms. The lowest BCUT2D eigenvalue weighted by molar-refractivity contribution is -0.123. The van der Waals surface area contributed by atoms with Gasteiger partial charge < -0.3 is 5.32 Å². The lowest BCUT2D eigenvalue weighted by Crippen LogP contribution is -2.28. The Labute approximate surface area is 132 Å². The number of rotatable bonds is 4. The van der Waals surface area contributed by atoms with Gasteiger partial charge in [-0.15, -0.1) is 0 Å². The molecule has 1 aliphatic carbocycles. The van der Waals surface area contributed by atoms with Gasteiger partial charge in [-0.05, 0) is 48.6 Å². The monoisotopic (exact) mass is 344 g/mol. The number of benzene rings is 1. The summed E-state index contributed by atoms with van der Waals surface area (Å²) in [5, 5.41) is 3.08. The first-order valence-electron chi connectivity index (χ1n) is 7.11. The van der Waals surface area contributed by atoms with Gasteiger partial charge in [-0.3, -0.25) is 9.78 Å². The molecule has 3 atom stereocenters. The Morgan fingerprint density at radius 3 is 2.95 bits per heavy atom. The van der Waals surface area contributed by atoms with Gasteiger partial charge >= 0.3 is 0 Å². The maximum absolute atomic E-state index is 12.3. The number of pyridine rings is 1. The highest BCUT2D eigenvalue weighted by molar-refractivity contribution is 9.10. The van der Waals surface area contributed by atoms with Crippen LogP contribution in [0.3, 0.4) is 0 Å². The van der Waals surface area contributed by atoms with E-state index in [1.807, 2.05) is 31.2 Å². The number of halogens is 1. The average Bonchev–Trinajstić information content (AvgIpc) is 3.29. The molecule has 21 heavy (non-hydrogen) atoms. The molecular weight excluding hydrogens is 328 g/mol. The van der Waals surface area contributed by atoms with Crippen LogP contribution in [0, 0.1) is 5.92 Å². The average molecular weight is 345 g/mol. The number of nitrogens with zero attached hydrogens (tertiary/aromatic N) is 1. The minimum Gasteiger partial charge on any atom is -0.349 e. The molecule has 108 valence electrons. The topological polar surface area (TPSA) is 42.0 Å². The normalized spacial score (nSPS) is 21.6. The maximum atomic E-state index is 12.3. The van der Waals surface area contributed by atoms with Crippen LogP contribution >= 0.6 is 15.9 Å². The highest BCUT2D eigenvalue weighted by Gasteiger charge is 2.44. The van der Waals surface area contributed by atoms with Gasteiger partial charge in [0.1, 0.15) is 0 Å². The van der Waals surface area contributed by atoms with E-state index in [-0.39, 0.29) is 17.9 Å². The van der Waals surface area contributed by atoms with Crippen LogP contribution in [0.5, 0.6) is 0 Å². The molecule has 1 aromatic heterocycles. The zero-order chi connectivity index (χ0) is 14.8. The first kappa shape index (κ1) is 14.3. The van der Waals surface area contributed by atoms with Crippen molar-refractivity contribution in [2.75, 3.05) is 0 Å². The number of aromatic nitrogens is 1. The van der Waals surface area contributed by atoms with Crippen LogP contribution in [0.15, 0.2) is 53.3 Å². The predicted molar refractivity (Wildman–Crippen MR) is 85.8 cm³/mol. The van der Waals surface area contributed by atoms with Gasteiger partial charge in [-0.1, -0.05) is 34.1 Å². The van der Waals surface area contributed by atoms with Crippen molar-refractivity contribution in [1.82, 2.24) is 10.3 Å². The van der Waals surface area contributed by atoms with E-state index in [0.29, 0.717) is 5.92 Å². The molecule has 1 amide bonds. The van der Waals surface area contributed by atoms with E-state index < -0.39 is 0 Å². The van der Waals surface area contributed by atoms with Gasteiger partial charge in [0.2, 0.25) is 5.91 Å². The Bertz CT molecular complexity index is 644. The number of amides is 1. The lowest BCUT2D eigenvalue weighted by Gasteiger charge is -2.13. The predicted octanol–water partition coefficient (Wildman–Crippen LogP) is 3.83. The summed E-state index contributed by atoms with van der Waals surface area (Å²) in [6, 6.07) is 12.1. The summed E-state index contributed by atoms with van der Waals surface area (Å²) in [6.07, 6.45) is 4.47. The Morgan fingerprint density at radius 1 is 1.38 bits per heavy atom. The Hall–Kier alpha value is -1.68. The molecule has 0 saturated heterocycles. The summed E-state index contributed by atoms with van der Waals surface area (Å²) >= 11 is 3.48. The smallest absolute Gasteiger partial charge is 0.224 e. The van der Waals surface area contributed by atoms with E-state index in [9.17, 15) is 4.79 Å². The van der Waals surface area contributed by atoms with Crippen LogP contribution < -0.4 is 5.32 Å². The third-order valence-electron chi connectivity index (χ3n) is 3.95. The number of nitrogens with one attached hydrogen (secondary N) is 1. The molecule has 0 radical (unpaired) electrons. The van der Waals surface area contributed by atoms with Crippen LogP contribution in [0.1, 0.15) is 36.4 Å². The minimum absolute atomic E-state index is 0.00467. The van der Waals surface area contributed by atoms with Gasteiger partial charge in [0, 0.05) is 22.8 Å². The first-order chi connectivity index (χ1) is 10.1. The quantitative estimate of drug-likeness (QED) is 0.915. The summed E-state index contributed by atoms with van der Waals surface area (Å²) in [5.74, 6) is 0.582. The highest BCUT2D eigenvalue weighted by Crippen LogP contribution is 2.48. The second-order valence-corrected chi connectivity index (χ2v) is 6.44. The second kappa shape index (κ2) is 5.98. The van der Waals surface area contributed by atoms with Gasteiger partial charge in [-0.2, -0.15) is 0 Å². The summed E-state index contributed by atoms with van der Waals surface area (Å²) in [5.41, 5.74) is 2.27. The molecule has 0 spiro atoms. The van der Waals surface area contributed by atoms with Crippen molar-refractivity contribution in [1.29, 1.82) is 0 Å². The molecular formula is C17H17BrN2O. The van der Waals surface area contributed by atoms with Crippen LogP contribution in [0.25, 0.3) is 0 Å². The van der Waals surface area contributed by atoms with Crippen LogP contribution in [0.2, 0.25) is 0 Å². The van der Waals surface area contributed by atoms with Gasteiger partial charge in [0.15, 0.2) is 0 Å². The molecule has 3 nitrogen and oxygen atoms in total. The Kier molecular flexibility index (Phi) is 4.06. The molecule has 2 aromatic rings. The lowest BCUT2D eigenvalue weighted by atomic mass is 10.1. The molecule has 0 aliphatic heterocycles. The molecule has 1 heterocycles. The molecule has 1 fully saturated rings. The van der Waals surface area contributed by atoms with E-state index >= 15 is 0 Å². The molecule has 1 saturated carbocycles. The summed E-state index contributed by atoms with van der Waals surface area (Å²) < 4.78 is 1.06. The molecule has 1 N–H and O–H groups in total. The number of hydrogen-bond donors (Lipinski definition) is 1. The number of carbonyl (C=O) groups is 1. The van der Waals surface area contributed by atoms with Crippen LogP contribution in [0.4, 0.5) is 0 Å². The highest BCUT2D eigenvalue weighted by atomic mass is 79.9. The summed E-state index contributed by atoms with van der Waals surface area (Å²) in [6.45, 7) is 1.99. The Morgan fingerprint density at radius 2 is 2.24 bits per heavy atom. The van der Waals surface area contributed by atoms with Crippen molar-refractivity contribution in [2.24, 2.45) is 5.92 Å². The van der Waals surface area contributed by atoms with Crippen LogP contribution in [-0.4, -0.2) is 10.9 Å². The summed E-state index contributed by atoms with van der Waals surface area (Å²) in [7, 11) is 0. The third-order valence-corrected chi connectivity index (χ3v) is 4.44. The van der Waals surface area contributed by atoms with E-state index in [2.05, 4.69) is 38.4 Å². The second-order valence-electron chi connectivity index (χ2n) is 5.52. The van der Waals surface area contributed by atoms with Crippen molar-refractivity contribution in [3.8, 4) is 0 Å². The van der Waals surface area contributed by atoms with E-state index in [4.69, 9.17) is 0 Å². The van der Waals surface area contributed by atoms with Crippen molar-refractivity contribution in [2.45, 2.75) is 25.3 Å². The zero-order valence-corrected chi connectivity index (χ0v) is 13.4. The van der Waals surface area contributed by atoms with Crippen molar-refractivity contribution < 1.29 is 4.79 Å². The number of hydrogen-bond acceptors (Lipinski definition) is 2. The molecule has 3 unspecified atom stereocenters. The van der Waals surface area contributed by atoms with E-state index in [0.717, 1.165) is 16.5 Å². The number of carbonyl (C=O) groups excluding carboxylic acids is 1. The molecule has 4 heteroatoms. The van der Waals surface area contributed by atoms with Gasteiger partial charge in [-0.25, -0.2) is 0 Å². The summed E-state index contributed by atoms with van der Waals surface area (Å²) in [4.78, 5) is 16.4. The molecule has 3 rings (SSSR count). The van der Waals surface area contributed by atoms with E-state index in [1.54, 1.807) is 12.4 Å².